The van der Waals surface area contributed by atoms with Gasteiger partial charge in [-0.3, -0.25) is 4.79 Å². The monoisotopic (exact) mass is 337 g/mol. The highest BCUT2D eigenvalue weighted by atomic mass is 16.5. The molecular formula is C21H23NO3. The van der Waals surface area contributed by atoms with Crippen molar-refractivity contribution in [1.82, 2.24) is 0 Å². The van der Waals surface area contributed by atoms with E-state index in [4.69, 9.17) is 9.47 Å². The second-order valence-electron chi connectivity index (χ2n) is 6.01. The van der Waals surface area contributed by atoms with Crippen molar-refractivity contribution in [2.45, 2.75) is 18.9 Å². The van der Waals surface area contributed by atoms with Crippen molar-refractivity contribution >= 4 is 11.6 Å². The second kappa shape index (κ2) is 8.49. The van der Waals surface area contributed by atoms with Gasteiger partial charge in [-0.2, -0.15) is 0 Å². The van der Waals surface area contributed by atoms with Crippen molar-refractivity contribution in [3.05, 3.63) is 72.8 Å². The maximum atomic E-state index is 12.9. The number of hydrogen-bond donors (Lipinski definition) is 0. The smallest absolute Gasteiger partial charge is 0.258 e. The van der Waals surface area contributed by atoms with E-state index in [1.165, 1.54) is 0 Å². The van der Waals surface area contributed by atoms with Gasteiger partial charge < -0.3 is 14.4 Å². The third-order valence-electron chi connectivity index (χ3n) is 4.17. The third-order valence-corrected chi connectivity index (χ3v) is 4.17. The zero-order valence-corrected chi connectivity index (χ0v) is 14.3. The standard InChI is InChI=1S/C21H23NO3/c1-2-13-22(18-9-4-3-5-10-18)21(23)17-8-6-11-19(15-17)25-16-20-12-7-14-24-20/h2-6,8-11,15,20H,1,7,12-14,16H2. The minimum Gasteiger partial charge on any atom is -0.491 e. The zero-order valence-electron chi connectivity index (χ0n) is 14.3. The molecule has 1 amide bonds. The summed E-state index contributed by atoms with van der Waals surface area (Å²) in [5, 5.41) is 0. The van der Waals surface area contributed by atoms with Crippen LogP contribution in [0.4, 0.5) is 5.69 Å². The topological polar surface area (TPSA) is 38.8 Å². The van der Waals surface area contributed by atoms with Crippen LogP contribution in [0.25, 0.3) is 0 Å². The van der Waals surface area contributed by atoms with Crippen LogP contribution < -0.4 is 9.64 Å². The van der Waals surface area contributed by atoms with Crippen LogP contribution >= 0.6 is 0 Å². The predicted molar refractivity (Wildman–Crippen MR) is 99.2 cm³/mol. The number of anilines is 1. The summed E-state index contributed by atoms with van der Waals surface area (Å²) >= 11 is 0. The molecule has 1 atom stereocenters. The van der Waals surface area contributed by atoms with Crippen LogP contribution in [-0.2, 0) is 4.74 Å². The fourth-order valence-corrected chi connectivity index (χ4v) is 2.88. The maximum absolute atomic E-state index is 12.9. The molecule has 0 aromatic heterocycles. The summed E-state index contributed by atoms with van der Waals surface area (Å²) in [7, 11) is 0. The molecule has 0 saturated carbocycles. The van der Waals surface area contributed by atoms with E-state index in [0.717, 1.165) is 25.1 Å². The number of ether oxygens (including phenoxy) is 2. The van der Waals surface area contributed by atoms with E-state index in [-0.39, 0.29) is 12.0 Å². The Kier molecular flexibility index (Phi) is 5.86. The number of carbonyl (C=O) groups is 1. The number of carbonyl (C=O) groups excluding carboxylic acids is 1. The van der Waals surface area contributed by atoms with E-state index in [2.05, 4.69) is 6.58 Å². The summed E-state index contributed by atoms with van der Waals surface area (Å²) in [5.41, 5.74) is 1.44. The van der Waals surface area contributed by atoms with Crippen LogP contribution in [0, 0.1) is 0 Å². The molecule has 25 heavy (non-hydrogen) atoms. The lowest BCUT2D eigenvalue weighted by atomic mass is 10.1. The summed E-state index contributed by atoms with van der Waals surface area (Å²) in [5.74, 6) is 0.613. The molecule has 0 bridgehead atoms. The minimum atomic E-state index is -0.0753. The summed E-state index contributed by atoms with van der Waals surface area (Å²) in [6.07, 6.45) is 3.99. The highest BCUT2D eigenvalue weighted by Gasteiger charge is 2.18. The highest BCUT2D eigenvalue weighted by molar-refractivity contribution is 6.06. The SMILES string of the molecule is C=CCN(C(=O)c1cccc(OCC2CCCO2)c1)c1ccccc1. The maximum Gasteiger partial charge on any atom is 0.258 e. The van der Waals surface area contributed by atoms with Gasteiger partial charge in [-0.15, -0.1) is 6.58 Å². The Labute approximate surface area is 148 Å². The van der Waals surface area contributed by atoms with Crippen molar-refractivity contribution in [2.24, 2.45) is 0 Å². The molecule has 1 aliphatic rings. The minimum absolute atomic E-state index is 0.0753. The predicted octanol–water partition coefficient (Wildman–Crippen LogP) is 4.08. The van der Waals surface area contributed by atoms with E-state index in [1.54, 1.807) is 23.1 Å². The number of para-hydroxylation sites is 1. The lowest BCUT2D eigenvalue weighted by Gasteiger charge is -2.21. The Morgan fingerprint density at radius 2 is 2.08 bits per heavy atom. The van der Waals surface area contributed by atoms with Gasteiger partial charge in [0.25, 0.3) is 5.91 Å². The van der Waals surface area contributed by atoms with Crippen molar-refractivity contribution < 1.29 is 14.3 Å². The molecule has 1 aliphatic heterocycles. The third kappa shape index (κ3) is 4.48. The molecule has 3 rings (SSSR count). The summed E-state index contributed by atoms with van der Waals surface area (Å²) in [4.78, 5) is 14.6. The quantitative estimate of drug-likeness (QED) is 0.715. The molecule has 1 saturated heterocycles. The van der Waals surface area contributed by atoms with Gasteiger partial charge in [-0.05, 0) is 43.2 Å². The molecule has 0 N–H and O–H groups in total. The summed E-state index contributed by atoms with van der Waals surface area (Å²) in [6.45, 7) is 5.54. The first-order chi connectivity index (χ1) is 12.3. The van der Waals surface area contributed by atoms with Crippen molar-refractivity contribution in [2.75, 3.05) is 24.7 Å². The van der Waals surface area contributed by atoms with Crippen LogP contribution in [0.1, 0.15) is 23.2 Å². The van der Waals surface area contributed by atoms with Crippen molar-refractivity contribution in [3.63, 3.8) is 0 Å². The molecule has 4 nitrogen and oxygen atoms in total. The van der Waals surface area contributed by atoms with Crippen LogP contribution in [0.2, 0.25) is 0 Å². The molecule has 0 radical (unpaired) electrons. The summed E-state index contributed by atoms with van der Waals surface area (Å²) < 4.78 is 11.4. The molecule has 2 aromatic rings. The first-order valence-electron chi connectivity index (χ1n) is 8.60. The van der Waals surface area contributed by atoms with Gasteiger partial charge in [-0.1, -0.05) is 30.3 Å². The zero-order chi connectivity index (χ0) is 17.5. The molecular weight excluding hydrogens is 314 g/mol. The molecule has 2 aromatic carbocycles. The van der Waals surface area contributed by atoms with Gasteiger partial charge in [0.2, 0.25) is 0 Å². The van der Waals surface area contributed by atoms with Gasteiger partial charge >= 0.3 is 0 Å². The normalized spacial score (nSPS) is 16.4. The van der Waals surface area contributed by atoms with E-state index in [9.17, 15) is 4.79 Å². The van der Waals surface area contributed by atoms with Crippen LogP contribution in [-0.4, -0.2) is 31.8 Å². The van der Waals surface area contributed by atoms with E-state index < -0.39 is 0 Å². The Bertz CT molecular complexity index is 708. The van der Waals surface area contributed by atoms with Crippen LogP contribution in [0.3, 0.4) is 0 Å². The van der Waals surface area contributed by atoms with Crippen molar-refractivity contribution in [3.8, 4) is 5.75 Å². The second-order valence-corrected chi connectivity index (χ2v) is 6.01. The van der Waals surface area contributed by atoms with E-state index >= 15 is 0 Å². The Balaban J connectivity index is 1.73. The average Bonchev–Trinajstić information content (AvgIpc) is 3.18. The van der Waals surface area contributed by atoms with Gasteiger partial charge in [0, 0.05) is 24.4 Å². The Hall–Kier alpha value is -2.59. The molecule has 1 heterocycles. The number of amides is 1. The fraction of sp³-hybridized carbons (Fsp3) is 0.286. The first kappa shape index (κ1) is 17.2. The number of nitrogens with zero attached hydrogens (tertiary/aromatic N) is 1. The molecule has 4 heteroatoms. The average molecular weight is 337 g/mol. The number of hydrogen-bond acceptors (Lipinski definition) is 3. The highest BCUT2D eigenvalue weighted by Crippen LogP contribution is 2.21. The molecule has 0 aliphatic carbocycles. The number of rotatable bonds is 7. The van der Waals surface area contributed by atoms with Crippen LogP contribution in [0.15, 0.2) is 67.3 Å². The van der Waals surface area contributed by atoms with Crippen molar-refractivity contribution in [1.29, 1.82) is 0 Å². The van der Waals surface area contributed by atoms with Crippen LogP contribution in [0.5, 0.6) is 5.75 Å². The van der Waals surface area contributed by atoms with Gasteiger partial charge in [0.1, 0.15) is 12.4 Å². The molecule has 1 fully saturated rings. The lowest BCUT2D eigenvalue weighted by Crippen LogP contribution is -2.31. The van der Waals surface area contributed by atoms with Gasteiger partial charge in [-0.25, -0.2) is 0 Å². The van der Waals surface area contributed by atoms with Gasteiger partial charge in [0.15, 0.2) is 0 Å². The molecule has 0 spiro atoms. The lowest BCUT2D eigenvalue weighted by molar-refractivity contribution is 0.0679. The Morgan fingerprint density at radius 3 is 2.80 bits per heavy atom. The van der Waals surface area contributed by atoms with E-state index in [1.807, 2.05) is 42.5 Å². The Morgan fingerprint density at radius 1 is 1.24 bits per heavy atom. The fourth-order valence-electron chi connectivity index (χ4n) is 2.88. The largest absolute Gasteiger partial charge is 0.491 e. The molecule has 1 unspecified atom stereocenters. The first-order valence-corrected chi connectivity index (χ1v) is 8.60. The summed E-state index contributed by atoms with van der Waals surface area (Å²) in [6, 6.07) is 16.9. The van der Waals surface area contributed by atoms with E-state index in [0.29, 0.717) is 24.5 Å². The van der Waals surface area contributed by atoms with Gasteiger partial charge in [0.05, 0.1) is 6.10 Å². The molecule has 130 valence electrons. The number of benzene rings is 2.